The molecule has 1 amide bonds. The highest BCUT2D eigenvalue weighted by molar-refractivity contribution is 5.92. The number of amides is 1. The number of anilines is 1. The minimum Gasteiger partial charge on any atom is -0.454 e. The van der Waals surface area contributed by atoms with Crippen LogP contribution < -0.4 is 14.8 Å². The molecular weight excluding hydrogens is 332 g/mol. The lowest BCUT2D eigenvalue weighted by molar-refractivity contribution is -0.115. The molecule has 0 unspecified atom stereocenters. The van der Waals surface area contributed by atoms with Crippen LogP contribution in [0.3, 0.4) is 0 Å². The molecule has 26 heavy (non-hydrogen) atoms. The Labute approximate surface area is 150 Å². The van der Waals surface area contributed by atoms with E-state index >= 15 is 0 Å². The Hall–Kier alpha value is -3.28. The molecule has 3 aromatic rings. The molecule has 1 aliphatic heterocycles. The summed E-state index contributed by atoms with van der Waals surface area (Å²) in [4.78, 5) is 12.3. The quantitative estimate of drug-likeness (QED) is 0.773. The lowest BCUT2D eigenvalue weighted by Gasteiger charge is -2.08. The van der Waals surface area contributed by atoms with Gasteiger partial charge in [-0.15, -0.1) is 0 Å². The Bertz CT molecular complexity index is 978. The fourth-order valence-electron chi connectivity index (χ4n) is 2.89. The summed E-state index contributed by atoms with van der Waals surface area (Å²) in [7, 11) is 0. The molecular formula is C20H18N2O4. The maximum absolute atomic E-state index is 12.3. The van der Waals surface area contributed by atoms with Crippen LogP contribution in [0.2, 0.25) is 0 Å². The Morgan fingerprint density at radius 1 is 1.08 bits per heavy atom. The van der Waals surface area contributed by atoms with Gasteiger partial charge in [0.05, 0.1) is 12.1 Å². The van der Waals surface area contributed by atoms with Crippen LogP contribution in [-0.2, 0) is 11.2 Å². The van der Waals surface area contributed by atoms with Crippen molar-refractivity contribution >= 4 is 11.6 Å². The second-order valence-electron chi connectivity index (χ2n) is 6.29. The minimum absolute atomic E-state index is 0.137. The molecule has 1 aromatic heterocycles. The molecule has 0 spiro atoms. The molecule has 4 rings (SSSR count). The Kier molecular flexibility index (Phi) is 4.08. The van der Waals surface area contributed by atoms with Crippen molar-refractivity contribution in [1.29, 1.82) is 0 Å². The van der Waals surface area contributed by atoms with E-state index in [1.165, 1.54) is 0 Å². The van der Waals surface area contributed by atoms with Gasteiger partial charge in [0, 0.05) is 17.3 Å². The number of carbonyl (C=O) groups excluding carboxylic acids is 1. The normalized spacial score (nSPS) is 12.2. The standard InChI is InChI=1S/C20H18N2O4/c1-12-3-5-16(13(2)7-12)21-20(23)10-15-9-18(26-22-15)14-4-6-17-19(8-14)25-11-24-17/h3-9H,10-11H2,1-2H3,(H,21,23). The molecule has 6 nitrogen and oxygen atoms in total. The van der Waals surface area contributed by atoms with Crippen LogP contribution in [0.4, 0.5) is 5.69 Å². The Balaban J connectivity index is 1.45. The van der Waals surface area contributed by atoms with Crippen molar-refractivity contribution in [1.82, 2.24) is 5.16 Å². The zero-order chi connectivity index (χ0) is 18.1. The van der Waals surface area contributed by atoms with Crippen LogP contribution in [0, 0.1) is 13.8 Å². The van der Waals surface area contributed by atoms with Gasteiger partial charge in [-0.25, -0.2) is 0 Å². The van der Waals surface area contributed by atoms with Crippen molar-refractivity contribution in [2.45, 2.75) is 20.3 Å². The van der Waals surface area contributed by atoms with Gasteiger partial charge >= 0.3 is 0 Å². The number of fused-ring (bicyclic) bond motifs is 1. The molecule has 6 heteroatoms. The number of aryl methyl sites for hydroxylation is 2. The van der Waals surface area contributed by atoms with E-state index in [-0.39, 0.29) is 19.1 Å². The number of rotatable bonds is 4. The van der Waals surface area contributed by atoms with Crippen molar-refractivity contribution in [3.05, 3.63) is 59.3 Å². The zero-order valence-corrected chi connectivity index (χ0v) is 14.5. The average Bonchev–Trinajstić information content (AvgIpc) is 3.25. The van der Waals surface area contributed by atoms with Crippen molar-refractivity contribution in [2.24, 2.45) is 0 Å². The molecule has 0 radical (unpaired) electrons. The second-order valence-corrected chi connectivity index (χ2v) is 6.29. The lowest BCUT2D eigenvalue weighted by Crippen LogP contribution is -2.15. The first-order valence-electron chi connectivity index (χ1n) is 8.31. The molecule has 1 aliphatic rings. The highest BCUT2D eigenvalue weighted by Gasteiger charge is 2.17. The third-order valence-corrected chi connectivity index (χ3v) is 4.21. The highest BCUT2D eigenvalue weighted by atomic mass is 16.7. The van der Waals surface area contributed by atoms with Gasteiger partial charge in [0.2, 0.25) is 12.7 Å². The van der Waals surface area contributed by atoms with Crippen LogP contribution in [0.5, 0.6) is 11.5 Å². The van der Waals surface area contributed by atoms with E-state index in [2.05, 4.69) is 10.5 Å². The van der Waals surface area contributed by atoms with E-state index in [1.54, 1.807) is 6.07 Å². The largest absolute Gasteiger partial charge is 0.454 e. The number of nitrogens with zero attached hydrogens (tertiary/aromatic N) is 1. The predicted octanol–water partition coefficient (Wildman–Crippen LogP) is 3.87. The number of hydrogen-bond acceptors (Lipinski definition) is 5. The summed E-state index contributed by atoms with van der Waals surface area (Å²) in [5.74, 6) is 1.83. The molecule has 1 N–H and O–H groups in total. The summed E-state index contributed by atoms with van der Waals surface area (Å²) < 4.78 is 16.0. The summed E-state index contributed by atoms with van der Waals surface area (Å²) >= 11 is 0. The fraction of sp³-hybridized carbons (Fsp3) is 0.200. The summed E-state index contributed by atoms with van der Waals surface area (Å²) in [5, 5.41) is 6.91. The predicted molar refractivity (Wildman–Crippen MR) is 96.3 cm³/mol. The van der Waals surface area contributed by atoms with Gasteiger partial charge in [-0.3, -0.25) is 4.79 Å². The molecule has 2 heterocycles. The molecule has 2 aromatic carbocycles. The molecule has 0 bridgehead atoms. The number of hydrogen-bond donors (Lipinski definition) is 1. The smallest absolute Gasteiger partial charge is 0.231 e. The first-order chi connectivity index (χ1) is 12.6. The zero-order valence-electron chi connectivity index (χ0n) is 14.5. The number of nitrogens with one attached hydrogen (secondary N) is 1. The van der Waals surface area contributed by atoms with Crippen LogP contribution in [0.25, 0.3) is 11.3 Å². The molecule has 0 atom stereocenters. The number of aromatic nitrogens is 1. The number of ether oxygens (including phenoxy) is 2. The monoisotopic (exact) mass is 350 g/mol. The SMILES string of the molecule is Cc1ccc(NC(=O)Cc2cc(-c3ccc4c(c3)OCO4)on2)c(C)c1. The Morgan fingerprint density at radius 2 is 1.92 bits per heavy atom. The summed E-state index contributed by atoms with van der Waals surface area (Å²) in [6.45, 7) is 4.21. The Morgan fingerprint density at radius 3 is 2.77 bits per heavy atom. The summed E-state index contributed by atoms with van der Waals surface area (Å²) in [6, 6.07) is 13.2. The highest BCUT2D eigenvalue weighted by Crippen LogP contribution is 2.36. The third-order valence-electron chi connectivity index (χ3n) is 4.21. The van der Waals surface area contributed by atoms with Crippen molar-refractivity contribution in [2.75, 3.05) is 12.1 Å². The van der Waals surface area contributed by atoms with E-state index in [9.17, 15) is 4.79 Å². The van der Waals surface area contributed by atoms with Crippen molar-refractivity contribution < 1.29 is 18.8 Å². The third kappa shape index (κ3) is 3.26. The van der Waals surface area contributed by atoms with Gasteiger partial charge in [-0.1, -0.05) is 22.9 Å². The summed E-state index contributed by atoms with van der Waals surface area (Å²) in [5.41, 5.74) is 4.38. The summed E-state index contributed by atoms with van der Waals surface area (Å²) in [6.07, 6.45) is 0.140. The molecule has 0 saturated carbocycles. The fourth-order valence-corrected chi connectivity index (χ4v) is 2.89. The number of carbonyl (C=O) groups is 1. The van der Waals surface area contributed by atoms with Crippen LogP contribution in [-0.4, -0.2) is 17.9 Å². The first-order valence-corrected chi connectivity index (χ1v) is 8.31. The molecule has 0 fully saturated rings. The van der Waals surface area contributed by atoms with E-state index in [0.717, 1.165) is 22.4 Å². The second kappa shape index (κ2) is 6.55. The first kappa shape index (κ1) is 16.2. The van der Waals surface area contributed by atoms with Gasteiger partial charge in [-0.05, 0) is 43.7 Å². The van der Waals surface area contributed by atoms with Crippen LogP contribution >= 0.6 is 0 Å². The average molecular weight is 350 g/mol. The maximum Gasteiger partial charge on any atom is 0.231 e. The van der Waals surface area contributed by atoms with E-state index in [1.807, 2.05) is 50.2 Å². The van der Waals surface area contributed by atoms with Crippen LogP contribution in [0.1, 0.15) is 16.8 Å². The van der Waals surface area contributed by atoms with Gasteiger partial charge in [0.25, 0.3) is 0 Å². The van der Waals surface area contributed by atoms with Crippen molar-refractivity contribution in [3.63, 3.8) is 0 Å². The van der Waals surface area contributed by atoms with E-state index in [4.69, 9.17) is 14.0 Å². The minimum atomic E-state index is -0.137. The van der Waals surface area contributed by atoms with Gasteiger partial charge < -0.3 is 19.3 Å². The molecule has 0 saturated heterocycles. The van der Waals surface area contributed by atoms with Gasteiger partial charge in [0.1, 0.15) is 0 Å². The molecule has 0 aliphatic carbocycles. The topological polar surface area (TPSA) is 73.6 Å². The van der Waals surface area contributed by atoms with E-state index < -0.39 is 0 Å². The van der Waals surface area contributed by atoms with Gasteiger partial charge in [-0.2, -0.15) is 0 Å². The number of benzene rings is 2. The van der Waals surface area contributed by atoms with Crippen molar-refractivity contribution in [3.8, 4) is 22.8 Å². The van der Waals surface area contributed by atoms with E-state index in [0.29, 0.717) is 23.0 Å². The van der Waals surface area contributed by atoms with Gasteiger partial charge in [0.15, 0.2) is 17.3 Å². The van der Waals surface area contributed by atoms with Crippen LogP contribution in [0.15, 0.2) is 47.0 Å². The molecule has 132 valence electrons. The lowest BCUT2D eigenvalue weighted by atomic mass is 10.1. The maximum atomic E-state index is 12.3.